The quantitative estimate of drug-likeness (QED) is 0.431. The molecule has 23 heavy (non-hydrogen) atoms. The highest BCUT2D eigenvalue weighted by Gasteiger charge is 2.54. The second kappa shape index (κ2) is 6.02. The lowest BCUT2D eigenvalue weighted by atomic mass is 9.66. The normalized spacial score (nSPS) is 29.1. The van der Waals surface area contributed by atoms with Gasteiger partial charge >= 0.3 is 0 Å². The highest BCUT2D eigenvalue weighted by molar-refractivity contribution is 5.78. The average molecular weight is 318 g/mol. The Kier molecular flexibility index (Phi) is 4.21. The summed E-state index contributed by atoms with van der Waals surface area (Å²) in [5.41, 5.74) is 6.73. The van der Waals surface area contributed by atoms with Crippen molar-refractivity contribution in [2.45, 2.75) is 56.7 Å². The standard InChI is InChI=1S/C17H26N4O2/c1-2-12-9-17(23)10-13(11-17)21(12)16(22)7-8-20(19)15-6-4-3-5-14(15)18/h3-6,12-13,23H,2,7-11,18-19H2,1H3. The Morgan fingerprint density at radius 2 is 2.09 bits per heavy atom. The maximum absolute atomic E-state index is 12.7. The van der Waals surface area contributed by atoms with Gasteiger partial charge in [-0.15, -0.1) is 0 Å². The number of hydrazine groups is 1. The summed E-state index contributed by atoms with van der Waals surface area (Å²) in [4.78, 5) is 14.6. The zero-order valence-corrected chi connectivity index (χ0v) is 13.6. The van der Waals surface area contributed by atoms with Crippen molar-refractivity contribution in [3.63, 3.8) is 0 Å². The van der Waals surface area contributed by atoms with Crippen molar-refractivity contribution in [2.24, 2.45) is 5.84 Å². The maximum atomic E-state index is 12.7. The molecule has 3 aliphatic rings. The van der Waals surface area contributed by atoms with E-state index in [1.807, 2.05) is 23.1 Å². The lowest BCUT2D eigenvalue weighted by Crippen LogP contribution is -2.67. The summed E-state index contributed by atoms with van der Waals surface area (Å²) in [5.74, 6) is 6.17. The van der Waals surface area contributed by atoms with Gasteiger partial charge in [0, 0.05) is 25.0 Å². The topological polar surface area (TPSA) is 95.8 Å². The molecule has 2 bridgehead atoms. The van der Waals surface area contributed by atoms with Crippen molar-refractivity contribution < 1.29 is 9.90 Å². The van der Waals surface area contributed by atoms with Gasteiger partial charge in [0.05, 0.1) is 17.0 Å². The molecule has 1 saturated carbocycles. The van der Waals surface area contributed by atoms with Gasteiger partial charge in [-0.05, 0) is 37.8 Å². The number of para-hydroxylation sites is 2. The maximum Gasteiger partial charge on any atom is 0.224 e. The molecule has 0 spiro atoms. The van der Waals surface area contributed by atoms with Crippen molar-refractivity contribution >= 4 is 17.3 Å². The minimum atomic E-state index is -0.527. The van der Waals surface area contributed by atoms with Gasteiger partial charge in [0.1, 0.15) is 0 Å². The van der Waals surface area contributed by atoms with Crippen LogP contribution in [-0.4, -0.2) is 40.1 Å². The third kappa shape index (κ3) is 3.01. The van der Waals surface area contributed by atoms with E-state index in [1.165, 1.54) is 5.01 Å². The fraction of sp³-hybridized carbons (Fsp3) is 0.588. The van der Waals surface area contributed by atoms with Gasteiger partial charge in [-0.3, -0.25) is 4.79 Å². The smallest absolute Gasteiger partial charge is 0.224 e. The van der Waals surface area contributed by atoms with E-state index >= 15 is 0 Å². The van der Waals surface area contributed by atoms with Crippen LogP contribution in [0.3, 0.4) is 0 Å². The molecule has 3 fully saturated rings. The lowest BCUT2D eigenvalue weighted by Gasteiger charge is -2.58. The van der Waals surface area contributed by atoms with Crippen LogP contribution in [-0.2, 0) is 4.79 Å². The van der Waals surface area contributed by atoms with Crippen LogP contribution in [0.25, 0.3) is 0 Å². The Morgan fingerprint density at radius 3 is 2.74 bits per heavy atom. The van der Waals surface area contributed by atoms with Gasteiger partial charge in [-0.25, -0.2) is 5.84 Å². The van der Waals surface area contributed by atoms with Crippen LogP contribution in [0.1, 0.15) is 39.0 Å². The van der Waals surface area contributed by atoms with E-state index in [2.05, 4.69) is 6.92 Å². The zero-order chi connectivity index (χ0) is 16.6. The number of hydrogen-bond donors (Lipinski definition) is 3. The number of carbonyl (C=O) groups excluding carboxylic acids is 1. The molecule has 1 unspecified atom stereocenters. The number of nitrogens with zero attached hydrogens (tertiary/aromatic N) is 2. The number of piperidine rings is 2. The van der Waals surface area contributed by atoms with Crippen LogP contribution in [0.15, 0.2) is 24.3 Å². The number of nitrogens with two attached hydrogens (primary N) is 2. The fourth-order valence-electron chi connectivity index (χ4n) is 3.98. The number of hydrogen-bond acceptors (Lipinski definition) is 5. The summed E-state index contributed by atoms with van der Waals surface area (Å²) < 4.78 is 0. The zero-order valence-electron chi connectivity index (χ0n) is 13.6. The van der Waals surface area contributed by atoms with E-state index in [0.717, 1.165) is 12.1 Å². The first kappa shape index (κ1) is 16.1. The van der Waals surface area contributed by atoms with E-state index in [0.29, 0.717) is 37.9 Å². The third-order valence-corrected chi connectivity index (χ3v) is 5.21. The molecular weight excluding hydrogens is 292 g/mol. The van der Waals surface area contributed by atoms with Gasteiger partial charge in [0.15, 0.2) is 0 Å². The van der Waals surface area contributed by atoms with Crippen LogP contribution in [0.5, 0.6) is 0 Å². The van der Waals surface area contributed by atoms with Crippen LogP contribution in [0, 0.1) is 0 Å². The van der Waals surface area contributed by atoms with Crippen LogP contribution in [0.4, 0.5) is 11.4 Å². The molecule has 1 amide bonds. The molecular formula is C17H26N4O2. The number of amides is 1. The first-order chi connectivity index (χ1) is 10.9. The van der Waals surface area contributed by atoms with E-state index in [-0.39, 0.29) is 18.0 Å². The summed E-state index contributed by atoms with van der Waals surface area (Å²) in [6.07, 6.45) is 3.36. The number of fused-ring (bicyclic) bond motifs is 2. The van der Waals surface area contributed by atoms with E-state index < -0.39 is 5.60 Å². The van der Waals surface area contributed by atoms with Crippen molar-refractivity contribution in [3.8, 4) is 0 Å². The molecule has 0 radical (unpaired) electrons. The monoisotopic (exact) mass is 318 g/mol. The van der Waals surface area contributed by atoms with Gasteiger partial charge in [0.25, 0.3) is 0 Å². The van der Waals surface area contributed by atoms with E-state index in [4.69, 9.17) is 11.6 Å². The second-order valence-corrected chi connectivity index (χ2v) is 6.86. The predicted molar refractivity (Wildman–Crippen MR) is 90.5 cm³/mol. The summed E-state index contributed by atoms with van der Waals surface area (Å²) in [5, 5.41) is 11.8. The van der Waals surface area contributed by atoms with E-state index in [9.17, 15) is 9.90 Å². The molecule has 0 aromatic heterocycles. The predicted octanol–water partition coefficient (Wildman–Crippen LogP) is 1.24. The Balaban J connectivity index is 1.60. The molecule has 2 saturated heterocycles. The van der Waals surface area contributed by atoms with Gasteiger partial charge in [-0.2, -0.15) is 0 Å². The Bertz CT molecular complexity index is 586. The molecule has 1 aliphatic carbocycles. The van der Waals surface area contributed by atoms with Gasteiger partial charge in [-0.1, -0.05) is 19.1 Å². The molecule has 126 valence electrons. The second-order valence-electron chi connectivity index (χ2n) is 6.86. The first-order valence-electron chi connectivity index (χ1n) is 8.34. The number of rotatable bonds is 5. The van der Waals surface area contributed by atoms with E-state index in [1.54, 1.807) is 6.07 Å². The Morgan fingerprint density at radius 1 is 1.39 bits per heavy atom. The minimum absolute atomic E-state index is 0.119. The molecule has 1 atom stereocenters. The summed E-state index contributed by atoms with van der Waals surface area (Å²) in [6.45, 7) is 2.50. The highest BCUT2D eigenvalue weighted by Crippen LogP contribution is 2.47. The Labute approximate surface area is 137 Å². The van der Waals surface area contributed by atoms with Gasteiger partial charge < -0.3 is 20.7 Å². The van der Waals surface area contributed by atoms with Crippen molar-refractivity contribution in [1.82, 2.24) is 4.90 Å². The number of carbonyl (C=O) groups is 1. The molecule has 2 heterocycles. The molecule has 6 nitrogen and oxygen atoms in total. The number of benzene rings is 1. The number of aliphatic hydroxyl groups is 1. The fourth-order valence-corrected chi connectivity index (χ4v) is 3.98. The first-order valence-corrected chi connectivity index (χ1v) is 8.34. The lowest BCUT2D eigenvalue weighted by molar-refractivity contribution is -0.178. The van der Waals surface area contributed by atoms with Crippen LogP contribution < -0.4 is 16.6 Å². The third-order valence-electron chi connectivity index (χ3n) is 5.21. The van der Waals surface area contributed by atoms with Crippen LogP contribution in [0.2, 0.25) is 0 Å². The molecule has 1 aromatic carbocycles. The van der Waals surface area contributed by atoms with Crippen LogP contribution >= 0.6 is 0 Å². The van der Waals surface area contributed by atoms with Gasteiger partial charge in [0.2, 0.25) is 5.91 Å². The summed E-state index contributed by atoms with van der Waals surface area (Å²) >= 11 is 0. The number of anilines is 2. The highest BCUT2D eigenvalue weighted by atomic mass is 16.3. The largest absolute Gasteiger partial charge is 0.397 e. The molecule has 6 heteroatoms. The van der Waals surface area contributed by atoms with Crippen molar-refractivity contribution in [3.05, 3.63) is 24.3 Å². The van der Waals surface area contributed by atoms with Crippen molar-refractivity contribution in [1.29, 1.82) is 0 Å². The molecule has 1 aromatic rings. The summed E-state index contributed by atoms with van der Waals surface area (Å²) in [7, 11) is 0. The summed E-state index contributed by atoms with van der Waals surface area (Å²) in [6, 6.07) is 7.72. The SMILES string of the molecule is CCC1CC2(O)CC(C2)N1C(=O)CCN(N)c1ccccc1N. The average Bonchev–Trinajstić information content (AvgIpc) is 2.51. The minimum Gasteiger partial charge on any atom is -0.397 e. The molecule has 5 N–H and O–H groups in total. The molecule has 2 aliphatic heterocycles. The Hall–Kier alpha value is -1.79. The van der Waals surface area contributed by atoms with Crippen molar-refractivity contribution in [2.75, 3.05) is 17.3 Å². The number of nitrogen functional groups attached to an aromatic ring is 1. The molecule has 4 rings (SSSR count).